The van der Waals surface area contributed by atoms with Gasteiger partial charge in [0.2, 0.25) is 0 Å². The topological polar surface area (TPSA) is 42.0 Å². The number of terminal acetylenes is 1. The first-order chi connectivity index (χ1) is 20.0. The van der Waals surface area contributed by atoms with Crippen molar-refractivity contribution in [1.82, 2.24) is 9.80 Å². The van der Waals surface area contributed by atoms with Crippen LogP contribution in [0.3, 0.4) is 0 Å². The number of carbonyl (C=O) groups excluding carboxylic acids is 1. The summed E-state index contributed by atoms with van der Waals surface area (Å²) < 4.78 is 13.2. The van der Waals surface area contributed by atoms with Gasteiger partial charge in [0, 0.05) is 13.1 Å². The van der Waals surface area contributed by atoms with Crippen LogP contribution in [0.5, 0.6) is 11.5 Å². The Kier molecular flexibility index (Phi) is 10.9. The van der Waals surface area contributed by atoms with Crippen molar-refractivity contribution in [2.45, 2.75) is 118 Å². The highest BCUT2D eigenvalue weighted by Crippen LogP contribution is 2.50. The first kappa shape index (κ1) is 32.6. The molecule has 1 aromatic carbocycles. The summed E-state index contributed by atoms with van der Waals surface area (Å²) in [5.41, 5.74) is 3.62. The van der Waals surface area contributed by atoms with E-state index in [1.165, 1.54) is 61.7 Å². The van der Waals surface area contributed by atoms with E-state index in [-0.39, 0.29) is 5.97 Å². The van der Waals surface area contributed by atoms with Crippen molar-refractivity contribution in [2.75, 3.05) is 39.3 Å². The number of ether oxygens (including phenoxy) is 2. The van der Waals surface area contributed by atoms with Crippen molar-refractivity contribution in [3.05, 3.63) is 28.8 Å². The second-order valence-corrected chi connectivity index (χ2v) is 14.3. The Labute approximate surface area is 256 Å². The number of esters is 1. The van der Waals surface area contributed by atoms with Gasteiger partial charge in [0.1, 0.15) is 17.1 Å². The minimum Gasteiger partial charge on any atom is -0.483 e. The van der Waals surface area contributed by atoms with Crippen LogP contribution < -0.4 is 9.47 Å². The Hall–Kier alpha value is -2.29. The van der Waals surface area contributed by atoms with Gasteiger partial charge in [-0.2, -0.15) is 0 Å². The Morgan fingerprint density at radius 1 is 1.12 bits per heavy atom. The number of fused-ring (bicyclic) bond motifs is 2. The van der Waals surface area contributed by atoms with Gasteiger partial charge in [0.05, 0.1) is 17.5 Å². The standard InChI is InChI=1S/C37H56N2O3/c1-9-11-13-16-27(3)28(4)29-24-32(41-35(40)36(5,6)18-23-38-20-14-12-15-21-38)34-30-26-39(19-10-2)22-17-31(30)37(7,8)42-33(34)25-29/h2,24-25,27-28H,9,11-23,26H2,1,3-8H3. The molecule has 5 nitrogen and oxygen atoms in total. The Bertz CT molecular complexity index is 1170. The molecule has 0 aliphatic carbocycles. The van der Waals surface area contributed by atoms with E-state index in [1.807, 2.05) is 13.8 Å². The Morgan fingerprint density at radius 3 is 2.55 bits per heavy atom. The maximum atomic E-state index is 13.9. The van der Waals surface area contributed by atoms with Crippen LogP contribution in [0.25, 0.3) is 5.57 Å². The Morgan fingerprint density at radius 2 is 1.86 bits per heavy atom. The second-order valence-electron chi connectivity index (χ2n) is 14.3. The smallest absolute Gasteiger partial charge is 0.316 e. The summed E-state index contributed by atoms with van der Waals surface area (Å²) >= 11 is 0. The fourth-order valence-corrected chi connectivity index (χ4v) is 6.90. The zero-order valence-corrected chi connectivity index (χ0v) is 27.6. The van der Waals surface area contributed by atoms with Crippen LogP contribution in [-0.4, -0.2) is 60.6 Å². The minimum absolute atomic E-state index is 0.161. The lowest BCUT2D eigenvalue weighted by Gasteiger charge is -2.42. The van der Waals surface area contributed by atoms with Gasteiger partial charge < -0.3 is 14.4 Å². The zero-order valence-electron chi connectivity index (χ0n) is 27.6. The van der Waals surface area contributed by atoms with E-state index in [2.05, 4.69) is 62.5 Å². The molecule has 5 heteroatoms. The monoisotopic (exact) mass is 576 g/mol. The van der Waals surface area contributed by atoms with Crippen molar-refractivity contribution in [2.24, 2.45) is 11.3 Å². The average Bonchev–Trinajstić information content (AvgIpc) is 2.95. The fourth-order valence-electron chi connectivity index (χ4n) is 6.90. The second kappa shape index (κ2) is 14.0. The molecule has 42 heavy (non-hydrogen) atoms. The number of rotatable bonds is 12. The quantitative estimate of drug-likeness (QED) is 0.109. The molecule has 3 heterocycles. The molecule has 0 aromatic heterocycles. The van der Waals surface area contributed by atoms with E-state index < -0.39 is 11.0 Å². The fraction of sp³-hybridized carbons (Fsp3) is 0.703. The maximum absolute atomic E-state index is 13.9. The molecule has 1 aromatic rings. The highest BCUT2D eigenvalue weighted by Gasteiger charge is 2.40. The van der Waals surface area contributed by atoms with Crippen molar-refractivity contribution < 1.29 is 14.3 Å². The van der Waals surface area contributed by atoms with E-state index in [1.54, 1.807) is 0 Å². The van der Waals surface area contributed by atoms with E-state index in [0.717, 1.165) is 56.9 Å². The van der Waals surface area contributed by atoms with Gasteiger partial charge >= 0.3 is 5.97 Å². The van der Waals surface area contributed by atoms with Gasteiger partial charge in [-0.1, -0.05) is 58.8 Å². The van der Waals surface area contributed by atoms with Crippen LogP contribution in [0.1, 0.15) is 123 Å². The maximum Gasteiger partial charge on any atom is 0.316 e. The minimum atomic E-state index is -0.590. The third-order valence-electron chi connectivity index (χ3n) is 10.1. The van der Waals surface area contributed by atoms with Crippen LogP contribution in [0.4, 0.5) is 0 Å². The molecule has 3 aliphatic heterocycles. The van der Waals surface area contributed by atoms with Gasteiger partial charge in [-0.25, -0.2) is 0 Å². The van der Waals surface area contributed by atoms with Gasteiger partial charge in [0.25, 0.3) is 0 Å². The summed E-state index contributed by atoms with van der Waals surface area (Å²) in [5.74, 6) is 4.99. The van der Waals surface area contributed by atoms with Crippen molar-refractivity contribution in [3.63, 3.8) is 0 Å². The largest absolute Gasteiger partial charge is 0.483 e. The summed E-state index contributed by atoms with van der Waals surface area (Å²) in [4.78, 5) is 18.7. The van der Waals surface area contributed by atoms with E-state index >= 15 is 0 Å². The SMILES string of the molecule is C#CCN1CCC2=C(C1)c1c(OC(=O)C(C)(C)CCN3CCCCC3)cc(C(C)C(C)CCCCC)cc1OC2(C)C. The molecule has 0 amide bonds. The third-order valence-corrected chi connectivity index (χ3v) is 10.1. The van der Waals surface area contributed by atoms with Crippen LogP contribution in [0.15, 0.2) is 17.7 Å². The van der Waals surface area contributed by atoms with Crippen LogP contribution in [0.2, 0.25) is 0 Å². The molecule has 1 saturated heterocycles. The molecular weight excluding hydrogens is 520 g/mol. The third kappa shape index (κ3) is 7.61. The molecule has 0 N–H and O–H groups in total. The number of likely N-dealkylation sites (tertiary alicyclic amines) is 1. The molecule has 3 aliphatic rings. The van der Waals surface area contributed by atoms with Crippen molar-refractivity contribution in [1.29, 1.82) is 0 Å². The van der Waals surface area contributed by atoms with E-state index in [4.69, 9.17) is 15.9 Å². The summed E-state index contributed by atoms with van der Waals surface area (Å²) in [7, 11) is 0. The molecule has 4 rings (SSSR count). The van der Waals surface area contributed by atoms with Gasteiger partial charge in [-0.05, 0) is 114 Å². The van der Waals surface area contributed by atoms with Crippen LogP contribution in [0, 0.1) is 23.7 Å². The van der Waals surface area contributed by atoms with Gasteiger partial charge in [0.15, 0.2) is 0 Å². The number of unbranched alkanes of at least 4 members (excludes halogenated alkanes) is 2. The molecule has 0 spiro atoms. The van der Waals surface area contributed by atoms with Gasteiger partial charge in [-0.3, -0.25) is 9.69 Å². The normalized spacial score (nSPS) is 20.6. The zero-order chi connectivity index (χ0) is 30.5. The van der Waals surface area contributed by atoms with Crippen LogP contribution >= 0.6 is 0 Å². The number of hydrogen-bond donors (Lipinski definition) is 0. The predicted molar refractivity (Wildman–Crippen MR) is 174 cm³/mol. The lowest BCUT2D eigenvalue weighted by Crippen LogP contribution is -2.42. The molecule has 2 unspecified atom stereocenters. The van der Waals surface area contributed by atoms with Gasteiger partial charge in [-0.15, -0.1) is 6.42 Å². The molecule has 0 radical (unpaired) electrons. The number of piperidine rings is 1. The molecule has 2 atom stereocenters. The molecular formula is C37H56N2O3. The number of carbonyl (C=O) groups is 1. The molecule has 1 fully saturated rings. The summed E-state index contributed by atoms with van der Waals surface area (Å²) in [6, 6.07) is 4.37. The molecule has 0 bridgehead atoms. The van der Waals surface area contributed by atoms with Crippen molar-refractivity contribution in [3.8, 4) is 23.8 Å². The molecule has 0 saturated carbocycles. The highest BCUT2D eigenvalue weighted by molar-refractivity contribution is 5.86. The summed E-state index contributed by atoms with van der Waals surface area (Å²) in [6.07, 6.45) is 16.1. The Balaban J connectivity index is 1.69. The summed E-state index contributed by atoms with van der Waals surface area (Å²) in [5, 5.41) is 0. The predicted octanol–water partition coefficient (Wildman–Crippen LogP) is 8.08. The lowest BCUT2D eigenvalue weighted by molar-refractivity contribution is -0.144. The average molecular weight is 577 g/mol. The number of nitrogens with zero attached hydrogens (tertiary/aromatic N) is 2. The first-order valence-electron chi connectivity index (χ1n) is 16.7. The van der Waals surface area contributed by atoms with E-state index in [0.29, 0.717) is 24.1 Å². The summed E-state index contributed by atoms with van der Waals surface area (Å²) in [6.45, 7) is 20.8. The first-order valence-corrected chi connectivity index (χ1v) is 16.7. The highest BCUT2D eigenvalue weighted by atomic mass is 16.5. The lowest BCUT2D eigenvalue weighted by atomic mass is 9.79. The number of hydrogen-bond acceptors (Lipinski definition) is 5. The van der Waals surface area contributed by atoms with Crippen molar-refractivity contribution >= 4 is 11.5 Å². The van der Waals surface area contributed by atoms with Crippen LogP contribution in [-0.2, 0) is 4.79 Å². The number of benzene rings is 1. The van der Waals surface area contributed by atoms with E-state index in [9.17, 15) is 4.79 Å². The molecule has 232 valence electrons.